The number of carbonyl (C=O) groups excluding carboxylic acids is 1. The molecule has 1 aliphatic carbocycles. The number of carbonyl (C=O) groups is 1. The van der Waals surface area contributed by atoms with Crippen LogP contribution in [-0.2, 0) is 13.6 Å². The lowest BCUT2D eigenvalue weighted by molar-refractivity contribution is 0.0949. The Morgan fingerprint density at radius 1 is 1.14 bits per heavy atom. The number of aromatic nitrogens is 4. The molecule has 1 saturated carbocycles. The molecule has 0 radical (unpaired) electrons. The summed E-state index contributed by atoms with van der Waals surface area (Å²) >= 11 is 0. The molecule has 1 aromatic carbocycles. The number of nitrogens with one attached hydrogen (secondary N) is 1. The lowest BCUT2D eigenvalue weighted by Crippen LogP contribution is -2.35. The van der Waals surface area contributed by atoms with Gasteiger partial charge in [0.1, 0.15) is 11.4 Å². The van der Waals surface area contributed by atoms with Crippen molar-refractivity contribution in [3.8, 4) is 5.69 Å². The lowest BCUT2D eigenvalue weighted by Gasteiger charge is -2.05. The Morgan fingerprint density at radius 3 is 2.61 bits per heavy atom. The van der Waals surface area contributed by atoms with Crippen molar-refractivity contribution in [2.24, 2.45) is 7.05 Å². The van der Waals surface area contributed by atoms with Gasteiger partial charge in [0.25, 0.3) is 11.5 Å². The molecular weight excluding hydrogens is 358 g/mol. The highest BCUT2D eigenvalue weighted by Gasteiger charge is 2.31. The minimum Gasteiger partial charge on any atom is -0.350 e. The van der Waals surface area contributed by atoms with Gasteiger partial charge >= 0.3 is 5.69 Å². The van der Waals surface area contributed by atoms with Gasteiger partial charge in [0.15, 0.2) is 0 Å². The van der Waals surface area contributed by atoms with E-state index in [2.05, 4.69) is 10.4 Å². The zero-order valence-electron chi connectivity index (χ0n) is 15.5. The summed E-state index contributed by atoms with van der Waals surface area (Å²) in [4.78, 5) is 37.1. The van der Waals surface area contributed by atoms with Crippen molar-refractivity contribution in [1.82, 2.24) is 24.2 Å². The van der Waals surface area contributed by atoms with Crippen LogP contribution < -0.4 is 16.6 Å². The fraction of sp³-hybridized carbons (Fsp3) is 0.300. The number of pyridine rings is 1. The van der Waals surface area contributed by atoms with Crippen molar-refractivity contribution in [3.05, 3.63) is 80.9 Å². The molecule has 0 spiro atoms. The molecular formula is C20H21N5O3. The largest absolute Gasteiger partial charge is 0.350 e. The number of para-hydroxylation sites is 1. The van der Waals surface area contributed by atoms with Gasteiger partial charge in [0.2, 0.25) is 0 Å². The van der Waals surface area contributed by atoms with Crippen molar-refractivity contribution in [1.29, 1.82) is 0 Å². The van der Waals surface area contributed by atoms with E-state index in [9.17, 15) is 14.4 Å². The van der Waals surface area contributed by atoms with Crippen molar-refractivity contribution < 1.29 is 4.79 Å². The third kappa shape index (κ3) is 3.40. The van der Waals surface area contributed by atoms with Crippen LogP contribution in [0.2, 0.25) is 0 Å². The highest BCUT2D eigenvalue weighted by atomic mass is 16.2. The summed E-state index contributed by atoms with van der Waals surface area (Å²) in [5.74, 6) is 0.606. The minimum atomic E-state index is -0.459. The van der Waals surface area contributed by atoms with Gasteiger partial charge in [-0.25, -0.2) is 14.0 Å². The first-order valence-electron chi connectivity index (χ1n) is 9.25. The third-order valence-corrected chi connectivity index (χ3v) is 4.80. The first kappa shape index (κ1) is 18.0. The van der Waals surface area contributed by atoms with E-state index in [1.54, 1.807) is 23.9 Å². The van der Waals surface area contributed by atoms with Crippen LogP contribution in [0.1, 0.15) is 34.9 Å². The standard InChI is InChI=1S/C20H21N5O3/c1-23-12-5-8-16(19(23)27)18(26)21-11-13-24-20(28)25(15-6-3-2-4-7-15)17(22-24)14-9-10-14/h2-8,12,14H,9-11,13H2,1H3,(H,21,26). The summed E-state index contributed by atoms with van der Waals surface area (Å²) in [6, 6.07) is 12.6. The van der Waals surface area contributed by atoms with Gasteiger partial charge in [0, 0.05) is 25.7 Å². The van der Waals surface area contributed by atoms with E-state index < -0.39 is 5.91 Å². The van der Waals surface area contributed by atoms with Crippen molar-refractivity contribution in [3.63, 3.8) is 0 Å². The average molecular weight is 379 g/mol. The third-order valence-electron chi connectivity index (χ3n) is 4.80. The second kappa shape index (κ2) is 7.30. The van der Waals surface area contributed by atoms with Gasteiger partial charge in [-0.2, -0.15) is 5.10 Å². The molecule has 1 N–H and O–H groups in total. The summed E-state index contributed by atoms with van der Waals surface area (Å²) in [5.41, 5.74) is 0.280. The molecule has 8 nitrogen and oxygen atoms in total. The van der Waals surface area contributed by atoms with Crippen LogP contribution in [0.15, 0.2) is 58.3 Å². The number of amides is 1. The molecule has 0 bridgehead atoms. The van der Waals surface area contributed by atoms with Crippen molar-refractivity contribution in [2.75, 3.05) is 6.54 Å². The van der Waals surface area contributed by atoms with Crippen molar-refractivity contribution >= 4 is 5.91 Å². The van der Waals surface area contributed by atoms with Crippen LogP contribution in [0.25, 0.3) is 5.69 Å². The van der Waals surface area contributed by atoms with Crippen LogP contribution in [0.4, 0.5) is 0 Å². The van der Waals surface area contributed by atoms with Crippen LogP contribution in [0.3, 0.4) is 0 Å². The van der Waals surface area contributed by atoms with E-state index >= 15 is 0 Å². The smallest absolute Gasteiger partial charge is 0.350 e. The average Bonchev–Trinajstić information content (AvgIpc) is 3.49. The topological polar surface area (TPSA) is 90.9 Å². The first-order chi connectivity index (χ1) is 13.6. The second-order valence-electron chi connectivity index (χ2n) is 6.90. The van der Waals surface area contributed by atoms with Crippen LogP contribution in [0, 0.1) is 0 Å². The highest BCUT2D eigenvalue weighted by Crippen LogP contribution is 2.39. The number of rotatable bonds is 6. The summed E-state index contributed by atoms with van der Waals surface area (Å²) in [5, 5.41) is 7.19. The second-order valence-corrected chi connectivity index (χ2v) is 6.90. The van der Waals surface area contributed by atoms with Gasteiger partial charge in [-0.1, -0.05) is 18.2 Å². The molecule has 3 aromatic rings. The van der Waals surface area contributed by atoms with E-state index in [1.165, 1.54) is 15.3 Å². The van der Waals surface area contributed by atoms with E-state index in [0.29, 0.717) is 5.92 Å². The van der Waals surface area contributed by atoms with Gasteiger partial charge in [-0.05, 0) is 37.1 Å². The predicted molar refractivity (Wildman–Crippen MR) is 104 cm³/mol. The Kier molecular flexibility index (Phi) is 4.68. The molecule has 1 fully saturated rings. The van der Waals surface area contributed by atoms with E-state index in [4.69, 9.17) is 0 Å². The summed E-state index contributed by atoms with van der Waals surface area (Å²) in [7, 11) is 1.59. The highest BCUT2D eigenvalue weighted by molar-refractivity contribution is 5.93. The maximum Gasteiger partial charge on any atom is 0.350 e. The maximum atomic E-state index is 12.9. The SMILES string of the molecule is Cn1cccc(C(=O)NCCn2nc(C3CC3)n(-c3ccccc3)c2=O)c1=O. The van der Waals surface area contributed by atoms with E-state index in [1.807, 2.05) is 30.3 Å². The summed E-state index contributed by atoms with van der Waals surface area (Å²) < 4.78 is 4.37. The molecule has 2 heterocycles. The molecule has 0 atom stereocenters. The fourth-order valence-corrected chi connectivity index (χ4v) is 3.14. The van der Waals surface area contributed by atoms with E-state index in [0.717, 1.165) is 24.4 Å². The number of hydrogen-bond donors (Lipinski definition) is 1. The van der Waals surface area contributed by atoms with Gasteiger partial charge < -0.3 is 9.88 Å². The zero-order chi connectivity index (χ0) is 19.7. The molecule has 1 aliphatic rings. The Hall–Kier alpha value is -3.42. The van der Waals surface area contributed by atoms with Gasteiger partial charge in [0.05, 0.1) is 12.2 Å². The van der Waals surface area contributed by atoms with Crippen molar-refractivity contribution in [2.45, 2.75) is 25.3 Å². The van der Waals surface area contributed by atoms with Crippen LogP contribution in [-0.4, -0.2) is 31.4 Å². The Labute approximate surface area is 161 Å². The minimum absolute atomic E-state index is 0.0748. The number of aryl methyl sites for hydroxylation is 1. The Morgan fingerprint density at radius 2 is 1.89 bits per heavy atom. The molecule has 1 amide bonds. The monoisotopic (exact) mass is 379 g/mol. The molecule has 4 rings (SSSR count). The molecule has 8 heteroatoms. The van der Waals surface area contributed by atoms with Crippen LogP contribution >= 0.6 is 0 Å². The molecule has 144 valence electrons. The molecule has 0 unspecified atom stereocenters. The number of nitrogens with zero attached hydrogens (tertiary/aromatic N) is 4. The lowest BCUT2D eigenvalue weighted by atomic mass is 10.2. The quantitative estimate of drug-likeness (QED) is 0.693. The summed E-state index contributed by atoms with van der Waals surface area (Å²) in [6.45, 7) is 0.434. The molecule has 2 aromatic heterocycles. The predicted octanol–water partition coefficient (Wildman–Crippen LogP) is 1.04. The summed E-state index contributed by atoms with van der Waals surface area (Å²) in [6.07, 6.45) is 3.64. The normalized spacial score (nSPS) is 13.5. The van der Waals surface area contributed by atoms with Gasteiger partial charge in [-0.15, -0.1) is 0 Å². The number of benzene rings is 1. The molecule has 0 aliphatic heterocycles. The van der Waals surface area contributed by atoms with Crippen LogP contribution in [0.5, 0.6) is 0 Å². The van der Waals surface area contributed by atoms with E-state index in [-0.39, 0.29) is 29.9 Å². The molecule has 0 saturated heterocycles. The Balaban J connectivity index is 1.51. The fourth-order valence-electron chi connectivity index (χ4n) is 3.14. The Bertz CT molecular complexity index is 1120. The van der Waals surface area contributed by atoms with Gasteiger partial charge in [-0.3, -0.25) is 9.59 Å². The number of hydrogen-bond acceptors (Lipinski definition) is 4. The first-order valence-corrected chi connectivity index (χ1v) is 9.25. The maximum absolute atomic E-state index is 12.9. The zero-order valence-corrected chi connectivity index (χ0v) is 15.5. The molecule has 28 heavy (non-hydrogen) atoms.